The second-order valence-electron chi connectivity index (χ2n) is 9.48. The molecule has 4 fully saturated rings. The molecule has 5 heteroatoms. The Morgan fingerprint density at radius 2 is 1.55 bits per heavy atom. The minimum Gasteiger partial charge on any atom is -0.352 e. The van der Waals surface area contributed by atoms with Gasteiger partial charge in [0.05, 0.1) is 11.8 Å². The van der Waals surface area contributed by atoms with Crippen LogP contribution in [0.15, 0.2) is 30.3 Å². The molecule has 0 spiro atoms. The Morgan fingerprint density at radius 1 is 0.931 bits per heavy atom. The second-order valence-corrected chi connectivity index (χ2v) is 9.48. The average Bonchev–Trinajstić information content (AvgIpc) is 3.42. The number of likely N-dealkylation sites (tertiary alicyclic amines) is 1. The molecule has 1 aromatic rings. The standard InChI is InChI=1S/C24H30N2O3/c27-22(25-18-9-5-2-6-10-18)19(13-15-7-3-1-4-8-15)26-23(28)20-16-11-12-17(14-16)21(20)24(26)29/h1,3-4,7-8,16-21H,2,5-6,9-14H2,(H,25,27)/t16-,17-,19-,20-,21+/m1/s1. The van der Waals surface area contributed by atoms with E-state index in [4.69, 9.17) is 0 Å². The van der Waals surface area contributed by atoms with Crippen molar-refractivity contribution in [3.8, 4) is 0 Å². The summed E-state index contributed by atoms with van der Waals surface area (Å²) >= 11 is 0. The molecule has 0 radical (unpaired) electrons. The van der Waals surface area contributed by atoms with E-state index in [0.717, 1.165) is 50.5 Å². The van der Waals surface area contributed by atoms with Crippen molar-refractivity contribution in [2.24, 2.45) is 23.7 Å². The summed E-state index contributed by atoms with van der Waals surface area (Å²) in [6.07, 6.45) is 8.96. The van der Waals surface area contributed by atoms with Gasteiger partial charge in [0.1, 0.15) is 6.04 Å². The van der Waals surface area contributed by atoms with Gasteiger partial charge in [0.15, 0.2) is 0 Å². The highest BCUT2D eigenvalue weighted by atomic mass is 16.2. The molecule has 29 heavy (non-hydrogen) atoms. The van der Waals surface area contributed by atoms with Crippen LogP contribution in [0.25, 0.3) is 0 Å². The number of nitrogens with one attached hydrogen (secondary N) is 1. The SMILES string of the molecule is O=C(NC1CCCCC1)[C@@H](Cc1ccccc1)N1C(=O)[C@@H]2[C@@H]3CC[C@H](C3)[C@@H]2C1=O. The Bertz CT molecular complexity index is 774. The van der Waals surface area contributed by atoms with E-state index in [-0.39, 0.29) is 35.6 Å². The van der Waals surface area contributed by atoms with E-state index in [2.05, 4.69) is 5.32 Å². The predicted octanol–water partition coefficient (Wildman–Crippen LogP) is 3.08. The fraction of sp³-hybridized carbons (Fsp3) is 0.625. The molecule has 3 saturated carbocycles. The lowest BCUT2D eigenvalue weighted by atomic mass is 9.81. The van der Waals surface area contributed by atoms with Gasteiger partial charge in [0.2, 0.25) is 17.7 Å². The summed E-state index contributed by atoms with van der Waals surface area (Å²) in [5.41, 5.74) is 0.983. The molecule has 2 bridgehead atoms. The molecule has 5 rings (SSSR count). The number of imide groups is 1. The van der Waals surface area contributed by atoms with Crippen LogP contribution >= 0.6 is 0 Å². The first-order chi connectivity index (χ1) is 14.1. The first kappa shape index (κ1) is 18.8. The van der Waals surface area contributed by atoms with Crippen molar-refractivity contribution in [3.63, 3.8) is 0 Å². The lowest BCUT2D eigenvalue weighted by Gasteiger charge is -2.30. The number of nitrogens with zero attached hydrogens (tertiary/aromatic N) is 1. The zero-order chi connectivity index (χ0) is 20.0. The number of fused-ring (bicyclic) bond motifs is 5. The Morgan fingerprint density at radius 3 is 2.17 bits per heavy atom. The number of benzene rings is 1. The van der Waals surface area contributed by atoms with Gasteiger partial charge in [-0.2, -0.15) is 0 Å². The molecule has 3 amide bonds. The molecule has 1 saturated heterocycles. The van der Waals surface area contributed by atoms with Crippen molar-refractivity contribution in [1.29, 1.82) is 0 Å². The molecule has 1 heterocycles. The largest absolute Gasteiger partial charge is 0.352 e. The lowest BCUT2D eigenvalue weighted by molar-refractivity contribution is -0.149. The first-order valence-corrected chi connectivity index (χ1v) is 11.3. The molecular weight excluding hydrogens is 364 g/mol. The van der Waals surface area contributed by atoms with Crippen molar-refractivity contribution in [1.82, 2.24) is 10.2 Å². The van der Waals surface area contributed by atoms with Crippen molar-refractivity contribution >= 4 is 17.7 Å². The highest BCUT2D eigenvalue weighted by Crippen LogP contribution is 2.56. The van der Waals surface area contributed by atoms with Crippen LogP contribution in [0, 0.1) is 23.7 Å². The van der Waals surface area contributed by atoms with Crippen LogP contribution in [0.2, 0.25) is 0 Å². The van der Waals surface area contributed by atoms with E-state index >= 15 is 0 Å². The summed E-state index contributed by atoms with van der Waals surface area (Å²) in [4.78, 5) is 41.4. The zero-order valence-electron chi connectivity index (χ0n) is 16.9. The number of carbonyl (C=O) groups is 3. The van der Waals surface area contributed by atoms with Gasteiger partial charge in [-0.05, 0) is 49.5 Å². The third-order valence-electron chi connectivity index (χ3n) is 7.80. The number of rotatable bonds is 5. The molecular formula is C24H30N2O3. The van der Waals surface area contributed by atoms with Gasteiger partial charge in [0.25, 0.3) is 0 Å². The molecule has 0 aromatic heterocycles. The molecule has 1 aliphatic heterocycles. The molecule has 4 aliphatic rings. The maximum atomic E-state index is 13.3. The van der Waals surface area contributed by atoms with E-state index in [1.807, 2.05) is 30.3 Å². The van der Waals surface area contributed by atoms with E-state index in [1.165, 1.54) is 11.3 Å². The molecule has 1 N–H and O–H groups in total. The smallest absolute Gasteiger partial charge is 0.243 e. The predicted molar refractivity (Wildman–Crippen MR) is 109 cm³/mol. The summed E-state index contributed by atoms with van der Waals surface area (Å²) in [7, 11) is 0. The normalized spacial score (nSPS) is 32.5. The molecule has 5 atom stereocenters. The lowest BCUT2D eigenvalue weighted by Crippen LogP contribution is -2.53. The molecule has 154 valence electrons. The third kappa shape index (κ3) is 3.28. The van der Waals surface area contributed by atoms with E-state index in [1.54, 1.807) is 0 Å². The van der Waals surface area contributed by atoms with Gasteiger partial charge < -0.3 is 5.32 Å². The summed E-state index contributed by atoms with van der Waals surface area (Å²) < 4.78 is 0. The second kappa shape index (κ2) is 7.58. The van der Waals surface area contributed by atoms with Crippen molar-refractivity contribution < 1.29 is 14.4 Å². The zero-order valence-corrected chi connectivity index (χ0v) is 16.9. The highest BCUT2D eigenvalue weighted by Gasteiger charge is 2.62. The highest BCUT2D eigenvalue weighted by molar-refractivity contribution is 6.09. The average molecular weight is 395 g/mol. The Hall–Kier alpha value is -2.17. The van der Waals surface area contributed by atoms with Crippen molar-refractivity contribution in [2.45, 2.75) is 69.9 Å². The topological polar surface area (TPSA) is 66.5 Å². The quantitative estimate of drug-likeness (QED) is 0.781. The summed E-state index contributed by atoms with van der Waals surface area (Å²) in [6.45, 7) is 0. The van der Waals surface area contributed by atoms with Gasteiger partial charge in [0, 0.05) is 12.5 Å². The Kier molecular flexibility index (Phi) is 4.92. The Balaban J connectivity index is 1.41. The van der Waals surface area contributed by atoms with Crippen LogP contribution in [0.1, 0.15) is 56.9 Å². The number of hydrogen-bond acceptors (Lipinski definition) is 3. The minimum absolute atomic E-state index is 0.0908. The van der Waals surface area contributed by atoms with Gasteiger partial charge >= 0.3 is 0 Å². The summed E-state index contributed by atoms with van der Waals surface area (Å²) in [5.74, 6) is -0.0203. The molecule has 5 nitrogen and oxygen atoms in total. The van der Waals surface area contributed by atoms with Gasteiger partial charge in [-0.3, -0.25) is 19.3 Å². The van der Waals surface area contributed by atoms with Crippen molar-refractivity contribution in [2.75, 3.05) is 0 Å². The van der Waals surface area contributed by atoms with Crippen LogP contribution < -0.4 is 5.32 Å². The van der Waals surface area contributed by atoms with E-state index < -0.39 is 6.04 Å². The van der Waals surface area contributed by atoms with Crippen LogP contribution in [0.5, 0.6) is 0 Å². The summed E-state index contributed by atoms with van der Waals surface area (Å²) in [5, 5.41) is 3.18. The van der Waals surface area contributed by atoms with Crippen LogP contribution in [0.4, 0.5) is 0 Å². The number of hydrogen-bond donors (Lipinski definition) is 1. The van der Waals surface area contributed by atoms with Gasteiger partial charge in [-0.15, -0.1) is 0 Å². The fourth-order valence-corrected chi connectivity index (χ4v) is 6.42. The molecule has 3 aliphatic carbocycles. The van der Waals surface area contributed by atoms with Gasteiger partial charge in [-0.1, -0.05) is 49.6 Å². The number of amides is 3. The van der Waals surface area contributed by atoms with E-state index in [0.29, 0.717) is 18.3 Å². The summed E-state index contributed by atoms with van der Waals surface area (Å²) in [6, 6.07) is 9.19. The third-order valence-corrected chi connectivity index (χ3v) is 7.80. The van der Waals surface area contributed by atoms with Crippen LogP contribution in [-0.2, 0) is 20.8 Å². The molecule has 0 unspecified atom stereocenters. The van der Waals surface area contributed by atoms with Crippen molar-refractivity contribution in [3.05, 3.63) is 35.9 Å². The Labute approximate surface area is 172 Å². The first-order valence-electron chi connectivity index (χ1n) is 11.3. The van der Waals surface area contributed by atoms with Crippen LogP contribution in [0.3, 0.4) is 0 Å². The van der Waals surface area contributed by atoms with Crippen LogP contribution in [-0.4, -0.2) is 34.7 Å². The van der Waals surface area contributed by atoms with Gasteiger partial charge in [-0.25, -0.2) is 0 Å². The maximum Gasteiger partial charge on any atom is 0.243 e. The van der Waals surface area contributed by atoms with E-state index in [9.17, 15) is 14.4 Å². The monoisotopic (exact) mass is 394 g/mol. The molecule has 1 aromatic carbocycles. The maximum absolute atomic E-state index is 13.3. The fourth-order valence-electron chi connectivity index (χ4n) is 6.42. The number of carbonyl (C=O) groups excluding carboxylic acids is 3. The minimum atomic E-state index is -0.732.